The molecule has 2 aliphatic heterocycles. The first kappa shape index (κ1) is 24.7. The van der Waals surface area contributed by atoms with Gasteiger partial charge in [-0.2, -0.15) is 0 Å². The van der Waals surface area contributed by atoms with Crippen molar-refractivity contribution >= 4 is 5.97 Å². The van der Waals surface area contributed by atoms with Gasteiger partial charge in [-0.25, -0.2) is 0 Å². The van der Waals surface area contributed by atoms with Crippen molar-refractivity contribution in [1.82, 2.24) is 5.32 Å². The van der Waals surface area contributed by atoms with Gasteiger partial charge in [0.1, 0.15) is 23.4 Å². The van der Waals surface area contributed by atoms with Crippen molar-refractivity contribution in [3.8, 4) is 0 Å². The summed E-state index contributed by atoms with van der Waals surface area (Å²) in [4.78, 5) is 12.7. The maximum atomic E-state index is 12.7. The Kier molecular flexibility index (Phi) is 7.57. The molecule has 3 rings (SSSR count). The van der Waals surface area contributed by atoms with Gasteiger partial charge >= 0.3 is 5.97 Å². The van der Waals surface area contributed by atoms with Crippen molar-refractivity contribution in [2.24, 2.45) is 17.8 Å². The van der Waals surface area contributed by atoms with Gasteiger partial charge in [0, 0.05) is 13.2 Å². The third-order valence-corrected chi connectivity index (χ3v) is 7.44. The summed E-state index contributed by atoms with van der Waals surface area (Å²) >= 11 is 0. The topological polar surface area (TPSA) is 72.6 Å². The highest BCUT2D eigenvalue weighted by Gasteiger charge is 2.72. The molecule has 1 spiro atoms. The highest BCUT2D eigenvalue weighted by Crippen LogP contribution is 2.59. The minimum Gasteiger partial charge on any atom is -0.459 e. The zero-order valence-electron chi connectivity index (χ0n) is 20.7. The molecule has 0 aromatic carbocycles. The fraction of sp³-hybridized carbons (Fsp3) is 0.880. The number of rotatable bonds is 10. The first-order valence-corrected chi connectivity index (χ1v) is 11.9. The maximum Gasteiger partial charge on any atom is 0.320 e. The Morgan fingerprint density at radius 3 is 2.39 bits per heavy atom. The highest BCUT2D eigenvalue weighted by atomic mass is 16.6. The number of carbonyl (C=O) groups is 1. The number of carbonyl (C=O) groups excluding carboxylic acids is 1. The fourth-order valence-electron chi connectivity index (χ4n) is 5.72. The molecule has 6 unspecified atom stereocenters. The molecule has 1 N–H and O–H groups in total. The molecule has 0 bridgehead atoms. The van der Waals surface area contributed by atoms with E-state index in [-0.39, 0.29) is 54.0 Å². The third-order valence-electron chi connectivity index (χ3n) is 7.44. The van der Waals surface area contributed by atoms with Gasteiger partial charge in [-0.15, -0.1) is 0 Å². The van der Waals surface area contributed by atoms with E-state index in [0.717, 1.165) is 25.9 Å². The third kappa shape index (κ3) is 5.35. The number of epoxide rings is 2. The van der Waals surface area contributed by atoms with Gasteiger partial charge in [-0.1, -0.05) is 39.3 Å². The number of methoxy groups -OCH3 is 1. The van der Waals surface area contributed by atoms with Crippen LogP contribution in [0.15, 0.2) is 11.6 Å². The zero-order chi connectivity index (χ0) is 23.0. The minimum atomic E-state index is -0.313. The number of hydrogen-bond donors (Lipinski definition) is 1. The van der Waals surface area contributed by atoms with E-state index in [1.54, 1.807) is 7.11 Å². The van der Waals surface area contributed by atoms with Crippen molar-refractivity contribution in [2.75, 3.05) is 20.3 Å². The van der Waals surface area contributed by atoms with E-state index in [2.05, 4.69) is 59.9 Å². The second-order valence-corrected chi connectivity index (χ2v) is 10.8. The number of hydrogen-bond acceptors (Lipinski definition) is 6. The molecule has 6 heteroatoms. The summed E-state index contributed by atoms with van der Waals surface area (Å²) < 4.78 is 24.1. The number of nitrogens with one attached hydrogen (secondary N) is 1. The highest BCUT2D eigenvalue weighted by molar-refractivity contribution is 5.72. The first-order chi connectivity index (χ1) is 14.5. The van der Waals surface area contributed by atoms with Crippen molar-refractivity contribution < 1.29 is 23.7 Å². The molecule has 0 aromatic heterocycles. The first-order valence-electron chi connectivity index (χ1n) is 11.9. The average molecular weight is 438 g/mol. The summed E-state index contributed by atoms with van der Waals surface area (Å²) in [5.74, 6) is 0.747. The number of ether oxygens (including phenoxy) is 4. The quantitative estimate of drug-likeness (QED) is 0.318. The van der Waals surface area contributed by atoms with Gasteiger partial charge < -0.3 is 24.3 Å². The summed E-state index contributed by atoms with van der Waals surface area (Å²) in [5.41, 5.74) is 0.784. The molecule has 3 fully saturated rings. The molecule has 2 heterocycles. The Morgan fingerprint density at radius 2 is 1.87 bits per heavy atom. The summed E-state index contributed by atoms with van der Waals surface area (Å²) in [7, 11) is 1.71. The van der Waals surface area contributed by atoms with E-state index >= 15 is 0 Å². The van der Waals surface area contributed by atoms with E-state index in [0.29, 0.717) is 11.8 Å². The van der Waals surface area contributed by atoms with Crippen LogP contribution < -0.4 is 5.32 Å². The average Bonchev–Trinajstić information content (AvgIpc) is 3.58. The van der Waals surface area contributed by atoms with Gasteiger partial charge in [0.2, 0.25) is 0 Å². The lowest BCUT2D eigenvalue weighted by atomic mass is 9.68. The SMILES string of the molecule is COC1C(OC(=O)CNC(C(C)C)C(C)C)CCC2(CO2)C1C1(C)OC1CC=C(C)C. The van der Waals surface area contributed by atoms with Crippen LogP contribution in [0.3, 0.4) is 0 Å². The van der Waals surface area contributed by atoms with Crippen LogP contribution in [0, 0.1) is 17.8 Å². The van der Waals surface area contributed by atoms with E-state index < -0.39 is 0 Å². The smallest absolute Gasteiger partial charge is 0.320 e. The monoisotopic (exact) mass is 437 g/mol. The maximum absolute atomic E-state index is 12.7. The molecule has 0 radical (unpaired) electrons. The van der Waals surface area contributed by atoms with E-state index in [9.17, 15) is 4.79 Å². The van der Waals surface area contributed by atoms with E-state index in [1.165, 1.54) is 5.57 Å². The van der Waals surface area contributed by atoms with Gasteiger partial charge in [0.25, 0.3) is 0 Å². The lowest BCUT2D eigenvalue weighted by Crippen LogP contribution is -2.56. The molecule has 1 saturated carbocycles. The Hall–Kier alpha value is -0.950. The molecule has 0 amide bonds. The summed E-state index contributed by atoms with van der Waals surface area (Å²) in [6, 6.07) is 0.280. The van der Waals surface area contributed by atoms with E-state index in [1.807, 2.05) is 0 Å². The van der Waals surface area contributed by atoms with Crippen molar-refractivity contribution in [2.45, 2.75) is 103 Å². The van der Waals surface area contributed by atoms with Crippen LogP contribution in [-0.4, -0.2) is 61.8 Å². The Morgan fingerprint density at radius 1 is 1.23 bits per heavy atom. The zero-order valence-corrected chi connectivity index (χ0v) is 20.7. The lowest BCUT2D eigenvalue weighted by Gasteiger charge is -2.42. The van der Waals surface area contributed by atoms with Gasteiger partial charge in [0.15, 0.2) is 0 Å². The Bertz CT molecular complexity index is 659. The second kappa shape index (κ2) is 9.50. The van der Waals surface area contributed by atoms with Crippen molar-refractivity contribution in [1.29, 1.82) is 0 Å². The summed E-state index contributed by atoms with van der Waals surface area (Å²) in [5, 5.41) is 3.39. The van der Waals surface area contributed by atoms with Crippen molar-refractivity contribution in [3.63, 3.8) is 0 Å². The van der Waals surface area contributed by atoms with Gasteiger partial charge in [0.05, 0.1) is 25.2 Å². The molecular formula is C25H43NO5. The predicted octanol–water partition coefficient (Wildman–Crippen LogP) is 3.88. The molecule has 31 heavy (non-hydrogen) atoms. The van der Waals surface area contributed by atoms with Crippen LogP contribution in [-0.2, 0) is 23.7 Å². The fourth-order valence-corrected chi connectivity index (χ4v) is 5.72. The normalized spacial score (nSPS) is 36.9. The number of allylic oxidation sites excluding steroid dienone is 1. The second-order valence-electron chi connectivity index (χ2n) is 10.8. The molecular weight excluding hydrogens is 394 g/mol. The van der Waals surface area contributed by atoms with Crippen LogP contribution >= 0.6 is 0 Å². The largest absolute Gasteiger partial charge is 0.459 e. The van der Waals surface area contributed by atoms with E-state index in [4.69, 9.17) is 18.9 Å². The van der Waals surface area contributed by atoms with Crippen LogP contribution in [0.2, 0.25) is 0 Å². The van der Waals surface area contributed by atoms with Gasteiger partial charge in [-0.3, -0.25) is 4.79 Å². The Balaban J connectivity index is 1.65. The summed E-state index contributed by atoms with van der Waals surface area (Å²) in [6.45, 7) is 16.0. The van der Waals surface area contributed by atoms with Crippen molar-refractivity contribution in [3.05, 3.63) is 11.6 Å². The van der Waals surface area contributed by atoms with Crippen LogP contribution in [0.4, 0.5) is 0 Å². The molecule has 6 atom stereocenters. The van der Waals surface area contributed by atoms with Gasteiger partial charge in [-0.05, 0) is 51.9 Å². The molecule has 6 nitrogen and oxygen atoms in total. The Labute approximate surface area is 188 Å². The molecule has 178 valence electrons. The number of esters is 1. The predicted molar refractivity (Wildman–Crippen MR) is 121 cm³/mol. The lowest BCUT2D eigenvalue weighted by molar-refractivity contribution is -0.171. The molecule has 0 aromatic rings. The minimum absolute atomic E-state index is 0.0548. The standard InChI is InChI=1S/C25H43NO5/c1-15(2)9-10-19-24(7,31-19)23-22(28-8)18(11-12-25(23)14-29-25)30-20(27)13-26-21(16(3)4)17(5)6/h9,16-19,21-23,26H,10-14H2,1-8H3. The molecule has 1 aliphatic carbocycles. The van der Waals surface area contributed by atoms with Crippen LogP contribution in [0.1, 0.15) is 67.7 Å². The molecule has 3 aliphatic rings. The molecule has 2 saturated heterocycles. The van der Waals surface area contributed by atoms with Crippen LogP contribution in [0.5, 0.6) is 0 Å². The summed E-state index contributed by atoms with van der Waals surface area (Å²) in [6.07, 6.45) is 4.39. The van der Waals surface area contributed by atoms with Crippen LogP contribution in [0.25, 0.3) is 0 Å².